The van der Waals surface area contributed by atoms with Crippen LogP contribution in [-0.2, 0) is 14.0 Å². The zero-order chi connectivity index (χ0) is 15.4. The molecule has 0 heterocycles. The molecule has 0 aliphatic heterocycles. The summed E-state index contributed by atoms with van der Waals surface area (Å²) < 4.78 is 1.26. The van der Waals surface area contributed by atoms with Gasteiger partial charge in [-0.05, 0) is 0 Å². The minimum atomic E-state index is -2.78. The Bertz CT molecular complexity index is 825. The molecule has 22 heavy (non-hydrogen) atoms. The molecule has 0 nitrogen and oxygen atoms in total. The van der Waals surface area contributed by atoms with E-state index >= 15 is 0 Å². The molecule has 0 aromatic heterocycles. The summed E-state index contributed by atoms with van der Waals surface area (Å²) in [6.07, 6.45) is 9.66. The molecule has 2 aliphatic carbocycles. The summed E-state index contributed by atoms with van der Waals surface area (Å²) in [6, 6.07) is 17.9. The molecule has 0 radical (unpaired) electrons. The van der Waals surface area contributed by atoms with Crippen LogP contribution in [0.1, 0.15) is 33.6 Å². The molecule has 0 saturated carbocycles. The van der Waals surface area contributed by atoms with Crippen LogP contribution in [0.15, 0.2) is 60.7 Å². The van der Waals surface area contributed by atoms with Gasteiger partial charge in [0.25, 0.3) is 0 Å². The van der Waals surface area contributed by atoms with Crippen LogP contribution in [0.25, 0.3) is 12.2 Å². The Hall–Kier alpha value is -1.15. The minimum Gasteiger partial charge on any atom is -1.00 e. The molecular formula is C20H24SiTi-2. The molecular weight excluding hydrogens is 316 g/mol. The maximum Gasteiger partial charge on any atom is -1.00 e. The Kier molecular flexibility index (Phi) is 3.07. The van der Waals surface area contributed by atoms with Crippen LogP contribution >= 0.6 is 0 Å². The van der Waals surface area contributed by atoms with Gasteiger partial charge in [0.05, 0.1) is 0 Å². The number of hydrogen-bond acceptors (Lipinski definition) is 0. The zero-order valence-corrected chi connectivity index (χ0v) is 16.3. The molecule has 0 fully saturated rings. The van der Waals surface area contributed by atoms with Gasteiger partial charge in [-0.2, -0.15) is 0 Å². The summed E-state index contributed by atoms with van der Waals surface area (Å²) in [6.45, 7) is 0. The van der Waals surface area contributed by atoms with E-state index in [1.54, 1.807) is 11.1 Å². The first-order valence-electron chi connectivity index (χ1n) is 8.07. The summed E-state index contributed by atoms with van der Waals surface area (Å²) in [5.74, 6) is 0. The molecule has 0 spiro atoms. The Morgan fingerprint density at radius 1 is 0.773 bits per heavy atom. The second-order valence-electron chi connectivity index (χ2n) is 7.87. The first-order valence-corrected chi connectivity index (χ1v) is 17.0. The van der Waals surface area contributed by atoms with Crippen molar-refractivity contribution in [2.24, 2.45) is 0 Å². The smallest absolute Gasteiger partial charge is 1.00 e. The second-order valence-corrected chi connectivity index (χ2v) is 28.2. The van der Waals surface area contributed by atoms with Crippen molar-refractivity contribution in [1.29, 1.82) is 0 Å². The van der Waals surface area contributed by atoms with E-state index in [1.807, 2.05) is 0 Å². The predicted octanol–water partition coefficient (Wildman–Crippen LogP) is 5.08. The number of hydrogen-bond donors (Lipinski definition) is 0. The fourth-order valence-electron chi connectivity index (χ4n) is 4.35. The molecule has 4 rings (SSSR count). The van der Waals surface area contributed by atoms with E-state index in [2.05, 4.69) is 90.9 Å². The van der Waals surface area contributed by atoms with Gasteiger partial charge >= 0.3 is 136 Å². The van der Waals surface area contributed by atoms with Crippen LogP contribution < -0.4 is 0 Å². The first kappa shape index (κ1) is 14.4. The average Bonchev–Trinajstić information content (AvgIpc) is 3.12. The van der Waals surface area contributed by atoms with Crippen molar-refractivity contribution >= 4 is 19.8 Å². The second kappa shape index (κ2) is 4.67. The normalized spacial score (nSPS) is 22.7. The Balaban J connectivity index is 0.00000104. The molecule has 2 heteroatoms. The topological polar surface area (TPSA) is 0 Å². The standard InChI is InChI=1S/2C9H7.2CH3.H2Si.Ti.2H/c2*1-2-5-9-7-3-6-8(9)4-1;;;;;;/h2*1-7H;2*1H3;1H2;;;/q;;;;;;2*-1. The van der Waals surface area contributed by atoms with E-state index in [0.717, 1.165) is 0 Å². The minimum absolute atomic E-state index is 0. The third-order valence-corrected chi connectivity index (χ3v) is 17.2. The van der Waals surface area contributed by atoms with Crippen molar-refractivity contribution < 1.29 is 16.9 Å². The summed E-state index contributed by atoms with van der Waals surface area (Å²) in [4.78, 5) is 0. The molecule has 2 atom stereocenters. The first-order chi connectivity index (χ1) is 10.5. The largest absolute Gasteiger partial charge is 1.00 e. The van der Waals surface area contributed by atoms with Gasteiger partial charge in [-0.25, -0.2) is 0 Å². The van der Waals surface area contributed by atoms with Gasteiger partial charge in [0, 0.05) is 0 Å². The number of rotatable bonds is 2. The molecule has 2 aliphatic rings. The number of fused-ring (bicyclic) bond motifs is 2. The molecule has 2 aromatic carbocycles. The predicted molar refractivity (Wildman–Crippen MR) is 98.9 cm³/mol. The molecule has 114 valence electrons. The molecule has 0 amide bonds. The zero-order valence-electron chi connectivity index (χ0n) is 15.3. The maximum absolute atomic E-state index is 2.78. The van der Waals surface area contributed by atoms with Gasteiger partial charge in [0.15, 0.2) is 0 Å². The van der Waals surface area contributed by atoms with E-state index in [0.29, 0.717) is 8.45 Å². The Morgan fingerprint density at radius 3 is 1.64 bits per heavy atom. The van der Waals surface area contributed by atoms with Crippen molar-refractivity contribution in [3.63, 3.8) is 0 Å². The van der Waals surface area contributed by atoms with E-state index in [4.69, 9.17) is 0 Å². The monoisotopic (exact) mass is 340 g/mol. The van der Waals surface area contributed by atoms with Crippen LogP contribution in [0.5, 0.6) is 0 Å². The van der Waals surface area contributed by atoms with Gasteiger partial charge in [-0.1, -0.05) is 0 Å². The molecule has 2 unspecified atom stereocenters. The average molecular weight is 340 g/mol. The molecule has 0 bridgehead atoms. The van der Waals surface area contributed by atoms with Gasteiger partial charge in [-0.15, -0.1) is 0 Å². The number of allylic oxidation sites excluding steroid dienone is 2. The molecule has 0 N–H and O–H groups in total. The van der Waals surface area contributed by atoms with Crippen LogP contribution in [0.2, 0.25) is 10.5 Å². The van der Waals surface area contributed by atoms with Gasteiger partial charge in [0.2, 0.25) is 0 Å². The van der Waals surface area contributed by atoms with Crippen LogP contribution in [-0.4, -0.2) is 7.63 Å². The van der Waals surface area contributed by atoms with E-state index < -0.39 is 14.0 Å². The quantitative estimate of drug-likeness (QED) is 0.669. The fourth-order valence-corrected chi connectivity index (χ4v) is 14.2. The van der Waals surface area contributed by atoms with Crippen molar-refractivity contribution in [2.75, 3.05) is 0 Å². The van der Waals surface area contributed by atoms with Crippen molar-refractivity contribution in [2.45, 2.75) is 18.9 Å². The summed E-state index contributed by atoms with van der Waals surface area (Å²) in [5.41, 5.74) is 5.96. The van der Waals surface area contributed by atoms with Gasteiger partial charge in [-0.3, -0.25) is 0 Å². The van der Waals surface area contributed by atoms with Crippen molar-refractivity contribution in [1.82, 2.24) is 0 Å². The third kappa shape index (κ3) is 2.00. The maximum atomic E-state index is 2.63. The van der Waals surface area contributed by atoms with Crippen molar-refractivity contribution in [3.05, 3.63) is 82.9 Å². The Labute approximate surface area is 138 Å². The van der Waals surface area contributed by atoms with Crippen molar-refractivity contribution in [3.8, 4) is 0 Å². The van der Waals surface area contributed by atoms with E-state index in [9.17, 15) is 0 Å². The summed E-state index contributed by atoms with van der Waals surface area (Å²) in [5, 5.41) is 5.26. The SMILES string of the molecule is [CH3][Ti]([CH3])(=[SiH2])([CH]1C=Cc2ccccc21)[CH]1C=Cc2ccccc21.[H-].[H-]. The van der Waals surface area contributed by atoms with Gasteiger partial charge in [0.1, 0.15) is 0 Å². The molecule has 0 saturated heterocycles. The van der Waals surface area contributed by atoms with E-state index in [-0.39, 0.29) is 2.85 Å². The van der Waals surface area contributed by atoms with Crippen LogP contribution in [0, 0.1) is 0 Å². The van der Waals surface area contributed by atoms with Crippen LogP contribution in [0.3, 0.4) is 0 Å². The number of benzene rings is 2. The van der Waals surface area contributed by atoms with Crippen LogP contribution in [0.4, 0.5) is 0 Å². The summed E-state index contributed by atoms with van der Waals surface area (Å²) in [7, 11) is 2.36. The summed E-state index contributed by atoms with van der Waals surface area (Å²) >= 11 is -2.78. The molecule has 2 aromatic rings. The Morgan fingerprint density at radius 2 is 1.18 bits per heavy atom. The van der Waals surface area contributed by atoms with Gasteiger partial charge < -0.3 is 2.85 Å². The fraction of sp³-hybridized carbons (Fsp3) is 0.200. The third-order valence-electron chi connectivity index (χ3n) is 5.64. The van der Waals surface area contributed by atoms with E-state index in [1.165, 1.54) is 11.1 Å².